The Morgan fingerprint density at radius 3 is 2.57 bits per heavy atom. The van der Waals surface area contributed by atoms with Crippen molar-refractivity contribution in [3.8, 4) is 0 Å². The Bertz CT molecular complexity index is 770. The van der Waals surface area contributed by atoms with E-state index in [0.29, 0.717) is 25.1 Å². The molecular formula is C20H30N2O5Si. The van der Waals surface area contributed by atoms with Crippen LogP contribution in [0.1, 0.15) is 48.9 Å². The van der Waals surface area contributed by atoms with Crippen molar-refractivity contribution in [2.45, 2.75) is 64.3 Å². The Morgan fingerprint density at radius 2 is 2.00 bits per heavy atom. The van der Waals surface area contributed by atoms with Crippen LogP contribution in [-0.2, 0) is 17.4 Å². The van der Waals surface area contributed by atoms with E-state index < -0.39 is 20.4 Å². The van der Waals surface area contributed by atoms with Crippen molar-refractivity contribution in [2.75, 3.05) is 6.61 Å². The minimum absolute atomic E-state index is 0.0203. The van der Waals surface area contributed by atoms with Crippen molar-refractivity contribution in [2.24, 2.45) is 0 Å². The fraction of sp³-hybridized carbons (Fsp3) is 0.550. The average molecular weight is 407 g/mol. The summed E-state index contributed by atoms with van der Waals surface area (Å²) in [7, 11) is -1.79. The molecule has 2 rings (SSSR count). The first kappa shape index (κ1) is 22.1. The molecule has 7 nitrogen and oxygen atoms in total. The van der Waals surface area contributed by atoms with Crippen molar-refractivity contribution in [3.05, 3.63) is 41.2 Å². The lowest BCUT2D eigenvalue weighted by Crippen LogP contribution is -2.43. The number of hydrogen-bond donors (Lipinski definition) is 2. The number of pyridine rings is 1. The fourth-order valence-corrected chi connectivity index (χ4v) is 3.87. The van der Waals surface area contributed by atoms with Crippen molar-refractivity contribution in [1.29, 1.82) is 0 Å². The minimum Gasteiger partial charge on any atom is -0.477 e. The molecule has 28 heavy (non-hydrogen) atoms. The number of carbonyl (C=O) groups is 2. The van der Waals surface area contributed by atoms with E-state index in [1.54, 1.807) is 6.07 Å². The zero-order valence-corrected chi connectivity index (χ0v) is 18.2. The quantitative estimate of drug-likeness (QED) is 0.418. The summed E-state index contributed by atoms with van der Waals surface area (Å²) in [6.07, 6.45) is 3.87. The lowest BCUT2D eigenvalue weighted by molar-refractivity contribution is 0.0689. The van der Waals surface area contributed by atoms with Gasteiger partial charge in [-0.15, -0.1) is 0 Å². The van der Waals surface area contributed by atoms with E-state index in [0.717, 1.165) is 5.56 Å². The zero-order valence-electron chi connectivity index (χ0n) is 17.2. The van der Waals surface area contributed by atoms with Gasteiger partial charge in [-0.3, -0.25) is 4.90 Å². The molecule has 1 aromatic rings. The fourth-order valence-electron chi connectivity index (χ4n) is 2.81. The number of rotatable bonds is 6. The largest absolute Gasteiger partial charge is 0.477 e. The van der Waals surface area contributed by atoms with Crippen LogP contribution in [0.15, 0.2) is 24.3 Å². The van der Waals surface area contributed by atoms with Gasteiger partial charge < -0.3 is 14.6 Å². The van der Waals surface area contributed by atoms with E-state index in [9.17, 15) is 14.7 Å². The number of fused-ring (bicyclic) bond motifs is 1. The second kappa shape index (κ2) is 8.44. The summed E-state index contributed by atoms with van der Waals surface area (Å²) in [5.74, 6) is -1.08. The van der Waals surface area contributed by atoms with Crippen LogP contribution < -0.4 is 0 Å². The third-order valence-electron chi connectivity index (χ3n) is 5.59. The first-order valence-electron chi connectivity index (χ1n) is 9.44. The van der Waals surface area contributed by atoms with Gasteiger partial charge in [0.25, 0.3) is 0 Å². The predicted octanol–water partition coefficient (Wildman–Crippen LogP) is 4.15. The molecule has 1 unspecified atom stereocenters. The Labute approximate surface area is 167 Å². The van der Waals surface area contributed by atoms with Crippen molar-refractivity contribution in [3.63, 3.8) is 0 Å². The number of aromatic carboxylic acids is 1. The average Bonchev–Trinajstić information content (AvgIpc) is 2.58. The highest BCUT2D eigenvalue weighted by Gasteiger charge is 2.36. The molecule has 1 atom stereocenters. The Kier molecular flexibility index (Phi) is 6.66. The maximum Gasteiger partial charge on any atom is 0.408 e. The molecule has 0 saturated carbocycles. The molecule has 0 aliphatic carbocycles. The molecule has 0 bridgehead atoms. The second-order valence-corrected chi connectivity index (χ2v) is 13.4. The van der Waals surface area contributed by atoms with Gasteiger partial charge in [0.2, 0.25) is 0 Å². The molecule has 1 amide bonds. The first-order chi connectivity index (χ1) is 12.9. The highest BCUT2D eigenvalue weighted by Crippen LogP contribution is 2.36. The van der Waals surface area contributed by atoms with Crippen LogP contribution in [0.25, 0.3) is 0 Å². The number of carboxylic acid groups (broad SMARTS) is 2. The lowest BCUT2D eigenvalue weighted by atomic mass is 9.98. The summed E-state index contributed by atoms with van der Waals surface area (Å²) in [4.78, 5) is 28.3. The predicted molar refractivity (Wildman–Crippen MR) is 109 cm³/mol. The Morgan fingerprint density at radius 1 is 1.32 bits per heavy atom. The summed E-state index contributed by atoms with van der Waals surface area (Å²) in [6.45, 7) is 11.8. The Balaban J connectivity index is 2.05. The molecule has 0 spiro atoms. The summed E-state index contributed by atoms with van der Waals surface area (Å²) < 4.78 is 6.14. The summed E-state index contributed by atoms with van der Waals surface area (Å²) in [5, 5.41) is 18.8. The van der Waals surface area contributed by atoms with Crippen LogP contribution in [0.2, 0.25) is 18.1 Å². The molecule has 154 valence electrons. The molecule has 0 aromatic carbocycles. The third-order valence-corrected chi connectivity index (χ3v) is 10.1. The van der Waals surface area contributed by atoms with Crippen LogP contribution in [0.3, 0.4) is 0 Å². The molecule has 1 aromatic heterocycles. The van der Waals surface area contributed by atoms with Crippen LogP contribution >= 0.6 is 0 Å². The maximum atomic E-state index is 11.6. The molecule has 1 aliphatic heterocycles. The molecule has 1 aliphatic rings. The number of aromatic nitrogens is 1. The monoisotopic (exact) mass is 406 g/mol. The molecular weight excluding hydrogens is 376 g/mol. The number of carboxylic acids is 1. The van der Waals surface area contributed by atoms with E-state index >= 15 is 0 Å². The van der Waals surface area contributed by atoms with Crippen LogP contribution in [0.5, 0.6) is 0 Å². The van der Waals surface area contributed by atoms with Gasteiger partial charge in [-0.25, -0.2) is 14.6 Å². The van der Waals surface area contributed by atoms with Gasteiger partial charge in [0.15, 0.2) is 8.32 Å². The van der Waals surface area contributed by atoms with Gasteiger partial charge >= 0.3 is 12.1 Å². The summed E-state index contributed by atoms with van der Waals surface area (Å²) in [6, 6.07) is 2.69. The molecule has 2 N–H and O–H groups in total. The van der Waals surface area contributed by atoms with Gasteiger partial charge in [0, 0.05) is 18.7 Å². The second-order valence-electron chi connectivity index (χ2n) is 8.62. The van der Waals surface area contributed by atoms with E-state index in [2.05, 4.69) is 38.8 Å². The third kappa shape index (κ3) is 5.20. The van der Waals surface area contributed by atoms with Gasteiger partial charge in [-0.2, -0.15) is 0 Å². The highest BCUT2D eigenvalue weighted by molar-refractivity contribution is 6.74. The first-order valence-corrected chi connectivity index (χ1v) is 12.4. The summed E-state index contributed by atoms with van der Waals surface area (Å²) >= 11 is 0. The number of amides is 1. The Hall–Kier alpha value is -2.19. The van der Waals surface area contributed by atoms with Crippen LogP contribution in [0, 0.1) is 0 Å². The van der Waals surface area contributed by atoms with Gasteiger partial charge in [0.1, 0.15) is 5.69 Å². The normalized spacial score (nSPS) is 17.6. The molecule has 0 radical (unpaired) electrons. The van der Waals surface area contributed by atoms with Crippen LogP contribution in [-0.4, -0.2) is 53.1 Å². The van der Waals surface area contributed by atoms with E-state index in [1.807, 2.05) is 12.2 Å². The van der Waals surface area contributed by atoms with Crippen molar-refractivity contribution in [1.82, 2.24) is 9.88 Å². The van der Waals surface area contributed by atoms with Gasteiger partial charge in [-0.05, 0) is 36.2 Å². The standard InChI is InChI=1S/C20H30N2O5Si/c1-20(2,3)28(4,5)27-11-7-6-8-15-12-17-14(13-22(15)19(25)26)9-10-16(21-17)18(23)24/h6,8-10,15H,7,11-13H2,1-5H3,(H,23,24)(H,25,26). The molecule has 0 saturated heterocycles. The van der Waals surface area contributed by atoms with Gasteiger partial charge in [0.05, 0.1) is 12.6 Å². The minimum atomic E-state index is -1.79. The van der Waals surface area contributed by atoms with Crippen molar-refractivity contribution >= 4 is 20.4 Å². The molecule has 8 heteroatoms. The van der Waals surface area contributed by atoms with Crippen molar-refractivity contribution < 1.29 is 24.2 Å². The summed E-state index contributed by atoms with van der Waals surface area (Å²) in [5.41, 5.74) is 1.37. The number of hydrogen-bond acceptors (Lipinski definition) is 4. The molecule has 0 fully saturated rings. The molecule has 2 heterocycles. The van der Waals surface area contributed by atoms with E-state index in [4.69, 9.17) is 9.53 Å². The smallest absolute Gasteiger partial charge is 0.408 e. The van der Waals surface area contributed by atoms with E-state index in [1.165, 1.54) is 11.0 Å². The van der Waals surface area contributed by atoms with Gasteiger partial charge in [-0.1, -0.05) is 39.0 Å². The van der Waals surface area contributed by atoms with Crippen LogP contribution in [0.4, 0.5) is 4.79 Å². The maximum absolute atomic E-state index is 11.6. The zero-order chi connectivity index (χ0) is 21.1. The highest BCUT2D eigenvalue weighted by atomic mass is 28.4. The SMILES string of the molecule is CC(C)(C)[Si](C)(C)OCCC=CC1Cc2nc(C(=O)O)ccc2CN1C(=O)O. The topological polar surface area (TPSA) is 100.0 Å². The lowest BCUT2D eigenvalue weighted by Gasteiger charge is -2.36. The van der Waals surface area contributed by atoms with E-state index in [-0.39, 0.29) is 23.3 Å². The number of nitrogens with zero attached hydrogens (tertiary/aromatic N) is 2.